The largest absolute Gasteiger partial charge is 0.493 e. The maximum absolute atomic E-state index is 12.1. The summed E-state index contributed by atoms with van der Waals surface area (Å²) in [7, 11) is 0. The molecule has 1 N–H and O–H groups in total. The molecule has 1 fully saturated rings. The molecular formula is C15H16F3NO2. The van der Waals surface area contributed by atoms with E-state index in [0.29, 0.717) is 13.0 Å². The molecule has 1 aliphatic heterocycles. The number of benzene rings is 1. The Morgan fingerprint density at radius 1 is 1.38 bits per heavy atom. The van der Waals surface area contributed by atoms with Crippen molar-refractivity contribution in [2.75, 3.05) is 13.2 Å². The molecule has 1 amide bonds. The minimum Gasteiger partial charge on any atom is -0.493 e. The molecule has 21 heavy (non-hydrogen) atoms. The predicted molar refractivity (Wildman–Crippen MR) is 70.0 cm³/mol. The molecule has 1 aromatic rings. The van der Waals surface area contributed by atoms with Crippen LogP contribution in [0.4, 0.5) is 13.2 Å². The van der Waals surface area contributed by atoms with Crippen LogP contribution >= 0.6 is 0 Å². The van der Waals surface area contributed by atoms with Crippen molar-refractivity contribution in [3.8, 4) is 5.75 Å². The van der Waals surface area contributed by atoms with Crippen LogP contribution in [0, 0.1) is 5.92 Å². The second kappa shape index (κ2) is 4.93. The highest BCUT2D eigenvalue weighted by Crippen LogP contribution is 2.60. The number of hydrogen-bond donors (Lipinski definition) is 1. The average molecular weight is 299 g/mol. The fourth-order valence-electron chi connectivity index (χ4n) is 3.16. The zero-order chi connectivity index (χ0) is 15.1. The van der Waals surface area contributed by atoms with Crippen LogP contribution in [0.25, 0.3) is 0 Å². The number of para-hydroxylation sites is 1. The maximum Gasteiger partial charge on any atom is 0.390 e. The smallest absolute Gasteiger partial charge is 0.390 e. The van der Waals surface area contributed by atoms with Crippen LogP contribution in [0.2, 0.25) is 0 Å². The van der Waals surface area contributed by atoms with E-state index < -0.39 is 12.6 Å². The monoisotopic (exact) mass is 299 g/mol. The fourth-order valence-corrected chi connectivity index (χ4v) is 3.16. The van der Waals surface area contributed by atoms with Gasteiger partial charge in [-0.1, -0.05) is 18.2 Å². The van der Waals surface area contributed by atoms with Gasteiger partial charge in [-0.15, -0.1) is 0 Å². The van der Waals surface area contributed by atoms with Gasteiger partial charge in [-0.25, -0.2) is 0 Å². The van der Waals surface area contributed by atoms with Crippen molar-refractivity contribution in [2.45, 2.75) is 30.9 Å². The highest BCUT2D eigenvalue weighted by molar-refractivity contribution is 5.84. The summed E-state index contributed by atoms with van der Waals surface area (Å²) < 4.78 is 41.9. The van der Waals surface area contributed by atoms with E-state index in [2.05, 4.69) is 5.32 Å². The highest BCUT2D eigenvalue weighted by atomic mass is 19.4. The molecule has 0 unspecified atom stereocenters. The molecule has 1 aromatic carbocycles. The van der Waals surface area contributed by atoms with Gasteiger partial charge in [0, 0.05) is 23.4 Å². The van der Waals surface area contributed by atoms with Crippen molar-refractivity contribution >= 4 is 5.91 Å². The van der Waals surface area contributed by atoms with Crippen molar-refractivity contribution in [3.63, 3.8) is 0 Å². The van der Waals surface area contributed by atoms with E-state index in [1.165, 1.54) is 0 Å². The van der Waals surface area contributed by atoms with Crippen molar-refractivity contribution in [1.82, 2.24) is 5.32 Å². The van der Waals surface area contributed by atoms with Gasteiger partial charge < -0.3 is 10.1 Å². The fraction of sp³-hybridized carbons (Fsp3) is 0.533. The molecule has 114 valence electrons. The van der Waals surface area contributed by atoms with Crippen molar-refractivity contribution in [2.24, 2.45) is 5.92 Å². The summed E-state index contributed by atoms with van der Waals surface area (Å²) >= 11 is 0. The summed E-state index contributed by atoms with van der Waals surface area (Å²) in [5.41, 5.74) is 0.768. The molecule has 1 saturated carbocycles. The number of halogens is 3. The second-order valence-electron chi connectivity index (χ2n) is 5.66. The molecule has 1 aliphatic carbocycles. The lowest BCUT2D eigenvalue weighted by Gasteiger charge is -2.26. The number of alkyl halides is 3. The van der Waals surface area contributed by atoms with Crippen LogP contribution in [-0.4, -0.2) is 25.2 Å². The Morgan fingerprint density at radius 2 is 2.14 bits per heavy atom. The second-order valence-corrected chi connectivity index (χ2v) is 5.66. The summed E-state index contributed by atoms with van der Waals surface area (Å²) in [5.74, 6) is 0.265. The van der Waals surface area contributed by atoms with Gasteiger partial charge in [-0.2, -0.15) is 13.2 Å². The molecule has 3 rings (SSSR count). The normalized spacial score (nSPS) is 26.9. The topological polar surface area (TPSA) is 38.3 Å². The summed E-state index contributed by atoms with van der Waals surface area (Å²) in [6.45, 7) is 0.191. The van der Waals surface area contributed by atoms with Gasteiger partial charge in [0.25, 0.3) is 0 Å². The van der Waals surface area contributed by atoms with E-state index in [-0.39, 0.29) is 23.8 Å². The first-order chi connectivity index (χ1) is 9.92. The number of hydrogen-bond acceptors (Lipinski definition) is 2. The van der Waals surface area contributed by atoms with Crippen molar-refractivity contribution in [3.05, 3.63) is 29.8 Å². The molecule has 2 aliphatic rings. The van der Waals surface area contributed by atoms with E-state index in [1.54, 1.807) is 0 Å². The first-order valence-corrected chi connectivity index (χ1v) is 6.99. The number of amides is 1. The SMILES string of the molecule is O=C(NCCC(F)(F)F)[C@@H]1C[C@]12CCOc1ccccc12. The molecule has 2 atom stereocenters. The summed E-state index contributed by atoms with van der Waals surface area (Å²) in [6, 6.07) is 7.58. The third-order valence-corrected chi connectivity index (χ3v) is 4.33. The molecule has 1 spiro atoms. The molecule has 6 heteroatoms. The Labute approximate surface area is 120 Å². The molecule has 1 heterocycles. The Morgan fingerprint density at radius 3 is 2.90 bits per heavy atom. The number of nitrogens with one attached hydrogen (secondary N) is 1. The quantitative estimate of drug-likeness (QED) is 0.932. The number of rotatable bonds is 3. The highest BCUT2D eigenvalue weighted by Gasteiger charge is 2.60. The Bertz CT molecular complexity index is 558. The summed E-state index contributed by atoms with van der Waals surface area (Å²) in [5, 5.41) is 2.40. The maximum atomic E-state index is 12.1. The Kier molecular flexibility index (Phi) is 3.34. The third kappa shape index (κ3) is 2.71. The number of fused-ring (bicyclic) bond motifs is 2. The Hall–Kier alpha value is -1.72. The van der Waals surface area contributed by atoms with Gasteiger partial charge in [0.05, 0.1) is 13.0 Å². The first kappa shape index (κ1) is 14.2. The third-order valence-electron chi connectivity index (χ3n) is 4.33. The van der Waals surface area contributed by atoms with Crippen LogP contribution in [0.15, 0.2) is 24.3 Å². The lowest BCUT2D eigenvalue weighted by Crippen LogP contribution is -2.33. The average Bonchev–Trinajstić information content (AvgIpc) is 3.13. The molecule has 0 bridgehead atoms. The van der Waals surface area contributed by atoms with Crippen LogP contribution < -0.4 is 10.1 Å². The van der Waals surface area contributed by atoms with Gasteiger partial charge in [0.1, 0.15) is 5.75 Å². The first-order valence-electron chi connectivity index (χ1n) is 6.99. The van der Waals surface area contributed by atoms with Crippen molar-refractivity contribution in [1.29, 1.82) is 0 Å². The molecule has 0 aromatic heterocycles. The lowest BCUT2D eigenvalue weighted by atomic mass is 9.87. The molecule has 0 saturated heterocycles. The summed E-state index contributed by atoms with van der Waals surface area (Å²) in [4.78, 5) is 12.1. The summed E-state index contributed by atoms with van der Waals surface area (Å²) in [6.07, 6.45) is -3.80. The molecule has 3 nitrogen and oxygen atoms in total. The van der Waals surface area contributed by atoms with E-state index in [0.717, 1.165) is 17.7 Å². The molecule has 0 radical (unpaired) electrons. The van der Waals surface area contributed by atoms with Crippen LogP contribution in [-0.2, 0) is 10.2 Å². The van der Waals surface area contributed by atoms with Crippen molar-refractivity contribution < 1.29 is 22.7 Å². The van der Waals surface area contributed by atoms with Crippen LogP contribution in [0.5, 0.6) is 5.75 Å². The van der Waals surface area contributed by atoms with Crippen LogP contribution in [0.3, 0.4) is 0 Å². The minimum absolute atomic E-state index is 0.239. The minimum atomic E-state index is -4.24. The van der Waals surface area contributed by atoms with Gasteiger partial charge in [0.15, 0.2) is 0 Å². The van der Waals surface area contributed by atoms with E-state index in [4.69, 9.17) is 4.74 Å². The standard InChI is InChI=1S/C15H16F3NO2/c16-15(17,18)5-7-19-13(20)11-9-14(11)6-8-21-12-4-2-1-3-10(12)14/h1-4,11H,5-9H2,(H,19,20)/t11-,14-/m0/s1. The Balaban J connectivity index is 1.65. The van der Waals surface area contributed by atoms with Crippen LogP contribution in [0.1, 0.15) is 24.8 Å². The number of carbonyl (C=O) groups excluding carboxylic acids is 1. The lowest BCUT2D eigenvalue weighted by molar-refractivity contribution is -0.136. The van der Waals surface area contributed by atoms with Gasteiger partial charge >= 0.3 is 6.18 Å². The van der Waals surface area contributed by atoms with E-state index in [9.17, 15) is 18.0 Å². The van der Waals surface area contributed by atoms with Gasteiger partial charge in [0.2, 0.25) is 5.91 Å². The van der Waals surface area contributed by atoms with E-state index in [1.807, 2.05) is 24.3 Å². The zero-order valence-electron chi connectivity index (χ0n) is 11.4. The van der Waals surface area contributed by atoms with E-state index >= 15 is 0 Å². The molecular weight excluding hydrogens is 283 g/mol. The number of carbonyl (C=O) groups is 1. The van der Waals surface area contributed by atoms with Gasteiger partial charge in [-0.05, 0) is 18.9 Å². The number of ether oxygens (including phenoxy) is 1. The zero-order valence-corrected chi connectivity index (χ0v) is 11.4. The predicted octanol–water partition coefficient (Wildman–Crippen LogP) is 2.80. The van der Waals surface area contributed by atoms with Gasteiger partial charge in [-0.3, -0.25) is 4.79 Å².